The zero-order chi connectivity index (χ0) is 20.5. The molecule has 0 fully saturated rings. The van der Waals surface area contributed by atoms with E-state index in [1.165, 1.54) is 51.8 Å². The van der Waals surface area contributed by atoms with Crippen LogP contribution in [0.4, 0.5) is 5.69 Å². The number of nitro benzene ring substituents is 1. The Hall–Kier alpha value is -3.82. The highest BCUT2D eigenvalue weighted by Gasteiger charge is 2.11. The van der Waals surface area contributed by atoms with Crippen molar-refractivity contribution in [1.82, 2.24) is 5.43 Å². The molecular weight excluding hydrogens is 370 g/mol. The predicted octanol–water partition coefficient (Wildman–Crippen LogP) is 2.15. The number of benzene rings is 2. The van der Waals surface area contributed by atoms with Gasteiger partial charge in [0.2, 0.25) is 0 Å². The molecule has 0 aliphatic carbocycles. The lowest BCUT2D eigenvalue weighted by molar-refractivity contribution is -0.384. The quantitative estimate of drug-likeness (QED) is 0.396. The number of methoxy groups -OCH3 is 3. The number of hydrazone groups is 1. The fraction of sp³-hybridized carbons (Fsp3) is 0.222. The summed E-state index contributed by atoms with van der Waals surface area (Å²) in [6.45, 7) is -0.307. The van der Waals surface area contributed by atoms with Crippen LogP contribution in [0.15, 0.2) is 41.5 Å². The number of non-ortho nitro benzene ring substituents is 1. The molecule has 0 unspecified atom stereocenters. The topological polar surface area (TPSA) is 122 Å². The molecule has 0 heterocycles. The van der Waals surface area contributed by atoms with Crippen molar-refractivity contribution in [2.45, 2.75) is 0 Å². The maximum Gasteiger partial charge on any atom is 0.277 e. The van der Waals surface area contributed by atoms with E-state index in [1.54, 1.807) is 12.1 Å². The summed E-state index contributed by atoms with van der Waals surface area (Å²) in [7, 11) is 4.51. The summed E-state index contributed by atoms with van der Waals surface area (Å²) in [6.07, 6.45) is 1.39. The van der Waals surface area contributed by atoms with Gasteiger partial charge in [-0.3, -0.25) is 14.9 Å². The average molecular weight is 389 g/mol. The molecule has 1 amide bonds. The Kier molecular flexibility index (Phi) is 7.14. The molecule has 1 N–H and O–H groups in total. The molecule has 0 saturated heterocycles. The minimum Gasteiger partial charge on any atom is -0.496 e. The van der Waals surface area contributed by atoms with Gasteiger partial charge < -0.3 is 18.9 Å². The molecule has 2 aromatic carbocycles. The van der Waals surface area contributed by atoms with Crippen LogP contribution < -0.4 is 24.4 Å². The Bertz CT molecular complexity index is 866. The molecule has 0 radical (unpaired) electrons. The number of carbonyl (C=O) groups excluding carboxylic acids is 1. The molecule has 0 bridgehead atoms. The van der Waals surface area contributed by atoms with E-state index in [9.17, 15) is 14.9 Å². The second kappa shape index (κ2) is 9.76. The van der Waals surface area contributed by atoms with Gasteiger partial charge in [-0.25, -0.2) is 5.43 Å². The minimum atomic E-state index is -0.520. The summed E-state index contributed by atoms with van der Waals surface area (Å²) in [5, 5.41) is 14.5. The van der Waals surface area contributed by atoms with E-state index in [0.29, 0.717) is 28.6 Å². The zero-order valence-corrected chi connectivity index (χ0v) is 15.5. The van der Waals surface area contributed by atoms with Crippen molar-refractivity contribution in [2.24, 2.45) is 5.10 Å². The van der Waals surface area contributed by atoms with Crippen LogP contribution in [0, 0.1) is 10.1 Å². The molecule has 0 atom stereocenters. The van der Waals surface area contributed by atoms with Gasteiger partial charge in [0, 0.05) is 23.8 Å². The summed E-state index contributed by atoms with van der Waals surface area (Å²) >= 11 is 0. The van der Waals surface area contributed by atoms with Crippen LogP contribution in [0.3, 0.4) is 0 Å². The van der Waals surface area contributed by atoms with Gasteiger partial charge in [-0.2, -0.15) is 5.10 Å². The summed E-state index contributed by atoms with van der Waals surface area (Å²) in [6, 6.07) is 8.68. The van der Waals surface area contributed by atoms with Crippen molar-refractivity contribution in [2.75, 3.05) is 27.9 Å². The van der Waals surface area contributed by atoms with Gasteiger partial charge >= 0.3 is 0 Å². The van der Waals surface area contributed by atoms with E-state index in [1.807, 2.05) is 0 Å². The molecule has 0 aromatic heterocycles. The molecule has 2 rings (SSSR count). The van der Waals surface area contributed by atoms with Crippen molar-refractivity contribution < 1.29 is 28.7 Å². The second-order valence-electron chi connectivity index (χ2n) is 5.28. The Morgan fingerprint density at radius 1 is 1.07 bits per heavy atom. The third kappa shape index (κ3) is 5.34. The number of ether oxygens (including phenoxy) is 4. The minimum absolute atomic E-state index is 0.0646. The van der Waals surface area contributed by atoms with E-state index in [4.69, 9.17) is 18.9 Å². The summed E-state index contributed by atoms with van der Waals surface area (Å²) < 4.78 is 20.9. The molecule has 0 saturated carbocycles. The van der Waals surface area contributed by atoms with Gasteiger partial charge in [0.1, 0.15) is 11.5 Å². The van der Waals surface area contributed by atoms with E-state index in [0.717, 1.165) is 0 Å². The molecular formula is C18H19N3O7. The zero-order valence-electron chi connectivity index (χ0n) is 15.5. The van der Waals surface area contributed by atoms with Gasteiger partial charge in [0.15, 0.2) is 18.1 Å². The van der Waals surface area contributed by atoms with Crippen LogP contribution >= 0.6 is 0 Å². The normalized spacial score (nSPS) is 10.4. The van der Waals surface area contributed by atoms with Gasteiger partial charge in [-0.1, -0.05) is 0 Å². The molecule has 0 spiro atoms. The Labute approximate surface area is 160 Å². The molecule has 148 valence electrons. The second-order valence-corrected chi connectivity index (χ2v) is 5.28. The number of nitro groups is 1. The van der Waals surface area contributed by atoms with Gasteiger partial charge in [0.25, 0.3) is 11.6 Å². The first kappa shape index (κ1) is 20.5. The first-order valence-electron chi connectivity index (χ1n) is 7.97. The number of hydrogen-bond acceptors (Lipinski definition) is 8. The van der Waals surface area contributed by atoms with Crippen molar-refractivity contribution in [3.63, 3.8) is 0 Å². The lowest BCUT2D eigenvalue weighted by Crippen LogP contribution is -2.24. The monoisotopic (exact) mass is 389 g/mol. The number of nitrogens with zero attached hydrogens (tertiary/aromatic N) is 2. The van der Waals surface area contributed by atoms with E-state index in [-0.39, 0.29) is 12.3 Å². The van der Waals surface area contributed by atoms with Gasteiger partial charge in [0.05, 0.1) is 32.5 Å². The number of rotatable bonds is 9. The van der Waals surface area contributed by atoms with E-state index in [2.05, 4.69) is 10.5 Å². The van der Waals surface area contributed by atoms with Crippen molar-refractivity contribution >= 4 is 17.8 Å². The number of carbonyl (C=O) groups is 1. The van der Waals surface area contributed by atoms with Crippen molar-refractivity contribution in [1.29, 1.82) is 0 Å². The van der Waals surface area contributed by atoms with Crippen LogP contribution in [-0.2, 0) is 4.79 Å². The van der Waals surface area contributed by atoms with Crippen LogP contribution in [0.5, 0.6) is 23.0 Å². The summed E-state index contributed by atoms with van der Waals surface area (Å²) in [4.78, 5) is 21.9. The van der Waals surface area contributed by atoms with E-state index < -0.39 is 10.8 Å². The van der Waals surface area contributed by atoms with Gasteiger partial charge in [-0.15, -0.1) is 0 Å². The van der Waals surface area contributed by atoms with Crippen LogP contribution in [0.1, 0.15) is 5.56 Å². The first-order valence-corrected chi connectivity index (χ1v) is 7.97. The van der Waals surface area contributed by atoms with Crippen molar-refractivity contribution in [3.8, 4) is 23.0 Å². The first-order chi connectivity index (χ1) is 13.5. The number of nitrogens with one attached hydrogen (secondary N) is 1. The van der Waals surface area contributed by atoms with Gasteiger partial charge in [-0.05, 0) is 18.2 Å². The van der Waals surface area contributed by atoms with Crippen LogP contribution in [0.25, 0.3) is 0 Å². The van der Waals surface area contributed by atoms with E-state index >= 15 is 0 Å². The van der Waals surface area contributed by atoms with Crippen LogP contribution in [0.2, 0.25) is 0 Å². The highest BCUT2D eigenvalue weighted by Crippen LogP contribution is 2.33. The maximum absolute atomic E-state index is 11.8. The molecule has 10 heteroatoms. The SMILES string of the molecule is COc1cc(OC)c(OC)cc1C=NNC(=O)COc1ccc([N+](=O)[O-])cc1. The lowest BCUT2D eigenvalue weighted by atomic mass is 10.2. The standard InChI is InChI=1S/C18H19N3O7/c1-25-15-9-17(27-3)16(26-2)8-12(15)10-19-20-18(22)11-28-14-6-4-13(5-7-14)21(23)24/h4-10H,11H2,1-3H3,(H,20,22). The largest absolute Gasteiger partial charge is 0.496 e. The third-order valence-corrected chi connectivity index (χ3v) is 3.55. The number of amides is 1. The fourth-order valence-electron chi connectivity index (χ4n) is 2.17. The summed E-state index contributed by atoms with van der Waals surface area (Å²) in [5.41, 5.74) is 2.82. The lowest BCUT2D eigenvalue weighted by Gasteiger charge is -2.11. The highest BCUT2D eigenvalue weighted by atomic mass is 16.6. The Balaban J connectivity index is 1.94. The Morgan fingerprint density at radius 3 is 2.25 bits per heavy atom. The molecule has 0 aliphatic heterocycles. The highest BCUT2D eigenvalue weighted by molar-refractivity contribution is 5.86. The third-order valence-electron chi connectivity index (χ3n) is 3.55. The number of hydrogen-bond donors (Lipinski definition) is 1. The smallest absolute Gasteiger partial charge is 0.277 e. The fourth-order valence-corrected chi connectivity index (χ4v) is 2.17. The average Bonchev–Trinajstić information content (AvgIpc) is 2.72. The van der Waals surface area contributed by atoms with Crippen molar-refractivity contribution in [3.05, 3.63) is 52.1 Å². The maximum atomic E-state index is 11.8. The molecule has 2 aromatic rings. The molecule has 10 nitrogen and oxygen atoms in total. The molecule has 0 aliphatic rings. The van der Waals surface area contributed by atoms with Crippen LogP contribution in [-0.4, -0.2) is 45.0 Å². The molecule has 28 heavy (non-hydrogen) atoms. The predicted molar refractivity (Wildman–Crippen MR) is 100 cm³/mol. The Morgan fingerprint density at radius 2 is 1.68 bits per heavy atom. The summed E-state index contributed by atoms with van der Waals surface area (Å²) in [5.74, 6) is 1.28.